The zero-order valence-corrected chi connectivity index (χ0v) is 18.6. The van der Waals surface area contributed by atoms with E-state index in [1.807, 2.05) is 6.92 Å². The van der Waals surface area contributed by atoms with Gasteiger partial charge in [0.2, 0.25) is 5.95 Å². The molecule has 166 valence electrons. The number of rotatable bonds is 5. The first-order valence-corrected chi connectivity index (χ1v) is 10.5. The third-order valence-electron chi connectivity index (χ3n) is 6.36. The molecule has 0 atom stereocenters. The third kappa shape index (κ3) is 4.68. The lowest BCUT2D eigenvalue weighted by Gasteiger charge is -2.36. The van der Waals surface area contributed by atoms with Gasteiger partial charge in [-0.25, -0.2) is 4.98 Å². The van der Waals surface area contributed by atoms with Crippen molar-refractivity contribution in [1.29, 1.82) is 0 Å². The summed E-state index contributed by atoms with van der Waals surface area (Å²) in [5, 5.41) is 5.58. The average Bonchev–Trinajstić information content (AvgIpc) is 2.94. The molecule has 31 heavy (non-hydrogen) atoms. The summed E-state index contributed by atoms with van der Waals surface area (Å²) in [6.07, 6.45) is 4.90. The monoisotopic (exact) mass is 428 g/mol. The topological polar surface area (TPSA) is 93.1 Å². The Hall–Kier alpha value is -3.03. The molecule has 0 aromatic carbocycles. The lowest BCUT2D eigenvalue weighted by molar-refractivity contribution is -0.119. The van der Waals surface area contributed by atoms with Gasteiger partial charge in [0.05, 0.1) is 23.1 Å². The largest absolute Gasteiger partial charge is 0.344 e. The molecule has 1 aliphatic rings. The first kappa shape index (κ1) is 22.7. The van der Waals surface area contributed by atoms with E-state index >= 15 is 0 Å². The zero-order chi connectivity index (χ0) is 22.9. The molecule has 2 N–H and O–H groups in total. The molecule has 3 rings (SSSR count). The predicted octanol–water partition coefficient (Wildman–Crippen LogP) is 3.70. The quantitative estimate of drug-likeness (QED) is 0.431. The number of aromatic nitrogens is 2. The van der Waals surface area contributed by atoms with Gasteiger partial charge in [-0.15, -0.1) is 0 Å². The highest BCUT2D eigenvalue weighted by molar-refractivity contribution is 6.43. The summed E-state index contributed by atoms with van der Waals surface area (Å²) in [4.78, 5) is 42.2. The summed E-state index contributed by atoms with van der Waals surface area (Å²) in [5.41, 5.74) is 1.41. The number of Topliss-reactive ketones (excluding diaryl/α,β-unsaturated/α-hetero) is 1. The second kappa shape index (κ2) is 8.61. The van der Waals surface area contributed by atoms with Crippen LogP contribution in [0.25, 0.3) is 0 Å². The van der Waals surface area contributed by atoms with Gasteiger partial charge in [0, 0.05) is 18.3 Å². The Morgan fingerprint density at radius 3 is 2.42 bits per heavy atom. The minimum Gasteiger partial charge on any atom is -0.344 e. The van der Waals surface area contributed by atoms with Crippen molar-refractivity contribution >= 4 is 23.3 Å². The molecule has 0 saturated heterocycles. The van der Waals surface area contributed by atoms with Gasteiger partial charge in [0.15, 0.2) is 0 Å². The van der Waals surface area contributed by atoms with Gasteiger partial charge in [-0.05, 0) is 70.1 Å². The molecule has 0 spiro atoms. The van der Waals surface area contributed by atoms with Gasteiger partial charge in [0.25, 0.3) is 17.6 Å². The Kier molecular flexibility index (Phi) is 6.29. The standard InChI is InChI=1S/C23H29FN4O3/c1-13-8-10-23(4,11-9-13)27-22(31)20(29)19-14(2)18(15(3)28(19)5)21(30)26-16-6-7-17(24)25-12-16/h6-7,12-13H,8-11H2,1-5H3,(H,26,30)(H,27,31). The van der Waals surface area contributed by atoms with Crippen molar-refractivity contribution in [3.8, 4) is 0 Å². The van der Waals surface area contributed by atoms with E-state index in [1.165, 1.54) is 12.3 Å². The molecular weight excluding hydrogens is 399 g/mol. The van der Waals surface area contributed by atoms with Crippen LogP contribution in [0.5, 0.6) is 0 Å². The number of carbonyl (C=O) groups is 3. The molecule has 1 aliphatic carbocycles. The third-order valence-corrected chi connectivity index (χ3v) is 6.36. The van der Waals surface area contributed by atoms with Crippen LogP contribution in [0.15, 0.2) is 18.3 Å². The molecule has 2 heterocycles. The number of pyridine rings is 1. The number of carbonyl (C=O) groups excluding carboxylic acids is 3. The van der Waals surface area contributed by atoms with E-state index < -0.39 is 29.1 Å². The van der Waals surface area contributed by atoms with E-state index in [0.717, 1.165) is 31.7 Å². The van der Waals surface area contributed by atoms with E-state index in [9.17, 15) is 18.8 Å². The minimum atomic E-state index is -0.662. The van der Waals surface area contributed by atoms with Crippen LogP contribution in [0.2, 0.25) is 0 Å². The number of halogens is 1. The fourth-order valence-electron chi connectivity index (χ4n) is 4.24. The van der Waals surface area contributed by atoms with Crippen LogP contribution in [0, 0.1) is 25.7 Å². The van der Waals surface area contributed by atoms with E-state index in [0.29, 0.717) is 28.4 Å². The van der Waals surface area contributed by atoms with Crippen molar-refractivity contribution in [3.63, 3.8) is 0 Å². The van der Waals surface area contributed by atoms with Gasteiger partial charge >= 0.3 is 0 Å². The Balaban J connectivity index is 1.82. The molecule has 0 radical (unpaired) electrons. The molecule has 2 amide bonds. The molecule has 1 fully saturated rings. The molecular formula is C23H29FN4O3. The van der Waals surface area contributed by atoms with Gasteiger partial charge in [0.1, 0.15) is 0 Å². The second-order valence-electron chi connectivity index (χ2n) is 8.84. The maximum absolute atomic E-state index is 13.0. The normalized spacial score (nSPS) is 20.9. The first-order valence-electron chi connectivity index (χ1n) is 10.5. The van der Waals surface area contributed by atoms with E-state index in [2.05, 4.69) is 22.5 Å². The second-order valence-corrected chi connectivity index (χ2v) is 8.84. The number of amides is 2. The molecule has 8 heteroatoms. The van der Waals surface area contributed by atoms with Crippen LogP contribution in [0.1, 0.15) is 71.6 Å². The fourth-order valence-corrected chi connectivity index (χ4v) is 4.24. The zero-order valence-electron chi connectivity index (χ0n) is 18.6. The van der Waals surface area contributed by atoms with E-state index in [-0.39, 0.29) is 5.69 Å². The van der Waals surface area contributed by atoms with Crippen molar-refractivity contribution in [1.82, 2.24) is 14.9 Å². The number of anilines is 1. The highest BCUT2D eigenvalue weighted by Gasteiger charge is 2.35. The number of hydrogen-bond acceptors (Lipinski definition) is 4. The minimum absolute atomic E-state index is 0.185. The molecule has 0 unspecified atom stereocenters. The Labute approximate surface area is 181 Å². The molecule has 0 aliphatic heterocycles. The lowest BCUT2D eigenvalue weighted by Crippen LogP contribution is -2.50. The summed E-state index contributed by atoms with van der Waals surface area (Å²) < 4.78 is 14.6. The Morgan fingerprint density at radius 2 is 1.84 bits per heavy atom. The molecule has 1 saturated carbocycles. The van der Waals surface area contributed by atoms with Crippen LogP contribution < -0.4 is 10.6 Å². The molecule has 2 aromatic rings. The summed E-state index contributed by atoms with van der Waals surface area (Å²) in [6, 6.07) is 2.55. The van der Waals surface area contributed by atoms with Crippen LogP contribution >= 0.6 is 0 Å². The highest BCUT2D eigenvalue weighted by Crippen LogP contribution is 2.31. The van der Waals surface area contributed by atoms with Crippen LogP contribution in [0.4, 0.5) is 10.1 Å². The van der Waals surface area contributed by atoms with Crippen molar-refractivity contribution in [3.05, 3.63) is 46.8 Å². The van der Waals surface area contributed by atoms with Crippen LogP contribution in [0.3, 0.4) is 0 Å². The smallest absolute Gasteiger partial charge is 0.294 e. The average molecular weight is 429 g/mol. The lowest BCUT2D eigenvalue weighted by atomic mass is 9.78. The van der Waals surface area contributed by atoms with Gasteiger partial charge in [-0.2, -0.15) is 4.39 Å². The summed E-state index contributed by atoms with van der Waals surface area (Å²) in [6.45, 7) is 7.53. The summed E-state index contributed by atoms with van der Waals surface area (Å²) in [7, 11) is 1.66. The summed E-state index contributed by atoms with van der Waals surface area (Å²) in [5.74, 6) is -1.80. The number of hydrogen-bond donors (Lipinski definition) is 2. The van der Waals surface area contributed by atoms with E-state index in [1.54, 1.807) is 25.5 Å². The summed E-state index contributed by atoms with van der Waals surface area (Å²) >= 11 is 0. The SMILES string of the molecule is Cc1c(C(=O)Nc2ccc(F)nc2)c(C)n(C)c1C(=O)C(=O)NC1(C)CCC(C)CC1. The first-order chi connectivity index (χ1) is 14.5. The van der Waals surface area contributed by atoms with Gasteiger partial charge < -0.3 is 15.2 Å². The van der Waals surface area contributed by atoms with Crippen LogP contribution in [-0.4, -0.2) is 32.7 Å². The molecule has 7 nitrogen and oxygen atoms in total. The fraction of sp³-hybridized carbons (Fsp3) is 0.478. The maximum atomic E-state index is 13.0. The molecule has 0 bridgehead atoms. The van der Waals surface area contributed by atoms with Crippen LogP contribution in [-0.2, 0) is 11.8 Å². The number of nitrogens with zero attached hydrogens (tertiary/aromatic N) is 2. The number of ketones is 1. The van der Waals surface area contributed by atoms with Gasteiger partial charge in [-0.3, -0.25) is 14.4 Å². The Morgan fingerprint density at radius 1 is 1.19 bits per heavy atom. The molecule has 2 aromatic heterocycles. The van der Waals surface area contributed by atoms with Gasteiger partial charge in [-0.1, -0.05) is 6.92 Å². The maximum Gasteiger partial charge on any atom is 0.294 e. The highest BCUT2D eigenvalue weighted by atomic mass is 19.1. The predicted molar refractivity (Wildman–Crippen MR) is 116 cm³/mol. The van der Waals surface area contributed by atoms with Crippen molar-refractivity contribution in [2.75, 3.05) is 5.32 Å². The van der Waals surface area contributed by atoms with Crippen molar-refractivity contribution in [2.45, 2.75) is 58.9 Å². The van der Waals surface area contributed by atoms with E-state index in [4.69, 9.17) is 0 Å². The number of nitrogens with one attached hydrogen (secondary N) is 2. The van der Waals surface area contributed by atoms with Crippen molar-refractivity contribution in [2.24, 2.45) is 13.0 Å². The van der Waals surface area contributed by atoms with Crippen molar-refractivity contribution < 1.29 is 18.8 Å². The Bertz CT molecular complexity index is 1020.